The number of hydrogen-bond donors (Lipinski definition) is 2. The van der Waals surface area contributed by atoms with Gasteiger partial charge in [-0.2, -0.15) is 13.2 Å². The summed E-state index contributed by atoms with van der Waals surface area (Å²) in [5, 5.41) is 11.8. The fourth-order valence-corrected chi connectivity index (χ4v) is 3.96. The number of rotatable bonds is 5. The van der Waals surface area contributed by atoms with Gasteiger partial charge in [0, 0.05) is 56.4 Å². The first kappa shape index (κ1) is 25.8. The van der Waals surface area contributed by atoms with Gasteiger partial charge < -0.3 is 20.2 Å². The molecule has 13 heteroatoms. The van der Waals surface area contributed by atoms with Crippen molar-refractivity contribution in [3.8, 4) is 11.3 Å². The quantitative estimate of drug-likeness (QED) is 0.494. The Hall–Kier alpha value is -4.29. The van der Waals surface area contributed by atoms with Crippen molar-refractivity contribution >= 4 is 17.8 Å². The van der Waals surface area contributed by atoms with Gasteiger partial charge in [-0.3, -0.25) is 14.8 Å². The van der Waals surface area contributed by atoms with Gasteiger partial charge >= 0.3 is 12.3 Å². The molecule has 0 bridgehead atoms. The van der Waals surface area contributed by atoms with Gasteiger partial charge in [-0.25, -0.2) is 14.2 Å². The molecule has 37 heavy (non-hydrogen) atoms. The highest BCUT2D eigenvalue weighted by Gasteiger charge is 2.33. The molecule has 1 fully saturated rings. The molecule has 2 amide bonds. The van der Waals surface area contributed by atoms with Crippen LogP contribution in [0.2, 0.25) is 0 Å². The number of aromatic nitrogens is 3. The van der Waals surface area contributed by atoms with E-state index in [0.717, 1.165) is 18.3 Å². The van der Waals surface area contributed by atoms with E-state index in [4.69, 9.17) is 0 Å². The van der Waals surface area contributed by atoms with Crippen LogP contribution in [0.3, 0.4) is 0 Å². The summed E-state index contributed by atoms with van der Waals surface area (Å²) in [6.45, 7) is 3.03. The van der Waals surface area contributed by atoms with Gasteiger partial charge in [0.1, 0.15) is 23.0 Å². The van der Waals surface area contributed by atoms with Crippen molar-refractivity contribution < 1.29 is 32.3 Å². The lowest BCUT2D eigenvalue weighted by Gasteiger charge is -2.38. The zero-order valence-corrected chi connectivity index (χ0v) is 19.5. The average Bonchev–Trinajstić information content (AvgIpc) is 2.86. The summed E-state index contributed by atoms with van der Waals surface area (Å²) in [6, 6.07) is 6.08. The van der Waals surface area contributed by atoms with E-state index in [2.05, 4.69) is 20.3 Å². The van der Waals surface area contributed by atoms with E-state index in [9.17, 15) is 32.3 Å². The van der Waals surface area contributed by atoms with Crippen LogP contribution in [0.1, 0.15) is 28.5 Å². The Balaban J connectivity index is 1.37. The predicted octanol–water partition coefficient (Wildman–Crippen LogP) is 3.82. The van der Waals surface area contributed by atoms with E-state index >= 15 is 0 Å². The Morgan fingerprint density at radius 3 is 2.51 bits per heavy atom. The minimum Gasteiger partial charge on any atom is -0.465 e. The third-order valence-electron chi connectivity index (χ3n) is 5.88. The molecule has 9 nitrogen and oxygen atoms in total. The van der Waals surface area contributed by atoms with E-state index in [1.54, 1.807) is 12.1 Å². The highest BCUT2D eigenvalue weighted by molar-refractivity contribution is 5.94. The van der Waals surface area contributed by atoms with Gasteiger partial charge in [0.25, 0.3) is 5.91 Å². The van der Waals surface area contributed by atoms with Crippen LogP contribution in [0.5, 0.6) is 0 Å². The summed E-state index contributed by atoms with van der Waals surface area (Å²) in [5.41, 5.74) is -0.905. The molecule has 3 aromatic heterocycles. The molecular weight excluding hydrogens is 496 g/mol. The number of amides is 2. The number of nitrogens with one attached hydrogen (secondary N) is 1. The van der Waals surface area contributed by atoms with Crippen LogP contribution in [0.15, 0.2) is 48.9 Å². The van der Waals surface area contributed by atoms with Crippen LogP contribution in [0, 0.1) is 5.82 Å². The third-order valence-corrected chi connectivity index (χ3v) is 5.88. The molecule has 1 aliphatic rings. The highest BCUT2D eigenvalue weighted by atomic mass is 19.4. The first-order chi connectivity index (χ1) is 17.5. The average molecular weight is 518 g/mol. The SMILES string of the molecule is CC1CN(c2ccc(C(=O)NCc3cnc(-c4ccnc(C(F)(F)F)c4)c(F)c3)cn2)CCN1C(=O)O. The fourth-order valence-electron chi connectivity index (χ4n) is 3.96. The van der Waals surface area contributed by atoms with Crippen LogP contribution in [0.4, 0.5) is 28.2 Å². The maximum Gasteiger partial charge on any atom is 0.433 e. The van der Waals surface area contributed by atoms with E-state index in [1.165, 1.54) is 23.4 Å². The number of hydrogen-bond acceptors (Lipinski definition) is 6. The number of carbonyl (C=O) groups is 2. The predicted molar refractivity (Wildman–Crippen MR) is 124 cm³/mol. The molecular formula is C24H22F4N6O3. The monoisotopic (exact) mass is 518 g/mol. The van der Waals surface area contributed by atoms with Crippen LogP contribution in [-0.2, 0) is 12.7 Å². The summed E-state index contributed by atoms with van der Waals surface area (Å²) in [4.78, 5) is 38.5. The second-order valence-electron chi connectivity index (χ2n) is 8.46. The van der Waals surface area contributed by atoms with Crippen LogP contribution in [-0.4, -0.2) is 62.6 Å². The van der Waals surface area contributed by atoms with Crippen molar-refractivity contribution in [2.24, 2.45) is 0 Å². The topological polar surface area (TPSA) is 112 Å². The molecule has 1 aliphatic heterocycles. The van der Waals surface area contributed by atoms with Gasteiger partial charge in [-0.05, 0) is 42.8 Å². The Bertz CT molecular complexity index is 1300. The Kier molecular flexibility index (Phi) is 7.23. The van der Waals surface area contributed by atoms with E-state index in [-0.39, 0.29) is 29.4 Å². The van der Waals surface area contributed by atoms with Crippen molar-refractivity contribution in [3.05, 3.63) is 71.6 Å². The van der Waals surface area contributed by atoms with E-state index in [0.29, 0.717) is 31.0 Å². The molecule has 0 aliphatic carbocycles. The Morgan fingerprint density at radius 2 is 1.89 bits per heavy atom. The van der Waals surface area contributed by atoms with Crippen molar-refractivity contribution in [2.45, 2.75) is 25.7 Å². The highest BCUT2D eigenvalue weighted by Crippen LogP contribution is 2.30. The molecule has 194 valence electrons. The number of piperazine rings is 1. The second-order valence-corrected chi connectivity index (χ2v) is 8.46. The molecule has 0 aromatic carbocycles. The smallest absolute Gasteiger partial charge is 0.433 e. The number of pyridine rings is 3. The van der Waals surface area contributed by atoms with E-state index < -0.39 is 29.7 Å². The number of alkyl halides is 3. The minimum atomic E-state index is -4.67. The molecule has 4 heterocycles. The maximum absolute atomic E-state index is 14.6. The standard InChI is InChI=1S/C24H22F4N6O3/c1-14-13-33(6-7-34(14)23(36)37)20-3-2-17(12-30-20)22(35)32-11-15-8-18(25)21(31-10-15)16-4-5-29-19(9-16)24(26,27)28/h2-5,8-10,12,14H,6-7,11,13H2,1H3,(H,32,35)(H,36,37). The van der Waals surface area contributed by atoms with E-state index in [1.807, 2.05) is 11.8 Å². The number of carboxylic acid groups (broad SMARTS) is 1. The van der Waals surface area contributed by atoms with Crippen LogP contribution in [0.25, 0.3) is 11.3 Å². The van der Waals surface area contributed by atoms with Gasteiger partial charge in [0.2, 0.25) is 0 Å². The van der Waals surface area contributed by atoms with Crippen molar-refractivity contribution in [1.29, 1.82) is 0 Å². The number of carbonyl (C=O) groups excluding carboxylic acids is 1. The molecule has 3 aromatic rings. The fraction of sp³-hybridized carbons (Fsp3) is 0.292. The van der Waals surface area contributed by atoms with Crippen molar-refractivity contribution in [3.63, 3.8) is 0 Å². The first-order valence-electron chi connectivity index (χ1n) is 11.2. The maximum atomic E-state index is 14.6. The third kappa shape index (κ3) is 5.93. The van der Waals surface area contributed by atoms with Crippen molar-refractivity contribution in [1.82, 2.24) is 25.2 Å². The summed E-state index contributed by atoms with van der Waals surface area (Å²) in [6.07, 6.45) is -2.04. The molecule has 2 N–H and O–H groups in total. The summed E-state index contributed by atoms with van der Waals surface area (Å²) >= 11 is 0. The first-order valence-corrected chi connectivity index (χ1v) is 11.2. The normalized spacial score (nSPS) is 16.0. The molecule has 0 saturated carbocycles. The van der Waals surface area contributed by atoms with Crippen molar-refractivity contribution in [2.75, 3.05) is 24.5 Å². The summed E-state index contributed by atoms with van der Waals surface area (Å²) in [7, 11) is 0. The Morgan fingerprint density at radius 1 is 1.11 bits per heavy atom. The molecule has 0 radical (unpaired) electrons. The molecule has 0 spiro atoms. The summed E-state index contributed by atoms with van der Waals surface area (Å²) in [5.74, 6) is -0.689. The number of nitrogens with zero attached hydrogens (tertiary/aromatic N) is 5. The summed E-state index contributed by atoms with van der Waals surface area (Å²) < 4.78 is 53.3. The Labute approximate surface area is 208 Å². The lowest BCUT2D eigenvalue weighted by molar-refractivity contribution is -0.141. The lowest BCUT2D eigenvalue weighted by Crippen LogP contribution is -2.53. The lowest BCUT2D eigenvalue weighted by atomic mass is 10.1. The van der Waals surface area contributed by atoms with Gasteiger partial charge in [0.05, 0.1) is 5.56 Å². The minimum absolute atomic E-state index is 0.0659. The molecule has 1 saturated heterocycles. The number of anilines is 1. The van der Waals surface area contributed by atoms with Gasteiger partial charge in [-0.15, -0.1) is 0 Å². The zero-order valence-electron chi connectivity index (χ0n) is 19.5. The van der Waals surface area contributed by atoms with Gasteiger partial charge in [0.15, 0.2) is 0 Å². The molecule has 4 rings (SSSR count). The van der Waals surface area contributed by atoms with Crippen LogP contribution < -0.4 is 10.2 Å². The second kappa shape index (κ2) is 10.4. The van der Waals surface area contributed by atoms with Crippen LogP contribution >= 0.6 is 0 Å². The van der Waals surface area contributed by atoms with Gasteiger partial charge in [-0.1, -0.05) is 0 Å². The largest absolute Gasteiger partial charge is 0.465 e. The molecule has 1 unspecified atom stereocenters. The molecule has 1 atom stereocenters. The number of halogens is 4. The zero-order chi connectivity index (χ0) is 26.7.